The molecular formula is C29H39NO8. The van der Waals surface area contributed by atoms with Crippen molar-refractivity contribution in [2.75, 3.05) is 7.11 Å². The normalized spacial score (nSPS) is 49.6. The maximum Gasteiger partial charge on any atom is 0.355 e. The van der Waals surface area contributed by atoms with Gasteiger partial charge in [0.1, 0.15) is 41.5 Å². The Balaban J connectivity index is 1.44. The zero-order valence-corrected chi connectivity index (χ0v) is 22.6. The number of methoxy groups -OCH3 is 1. The minimum absolute atomic E-state index is 0.0716. The summed E-state index contributed by atoms with van der Waals surface area (Å²) < 4.78 is 31.5. The summed E-state index contributed by atoms with van der Waals surface area (Å²) in [6.07, 6.45) is 0.594. The van der Waals surface area contributed by atoms with Crippen LogP contribution in [0.1, 0.15) is 44.6 Å². The van der Waals surface area contributed by atoms with Crippen molar-refractivity contribution in [3.63, 3.8) is 0 Å². The van der Waals surface area contributed by atoms with Crippen LogP contribution in [0.2, 0.25) is 0 Å². The van der Waals surface area contributed by atoms with Crippen LogP contribution < -0.4 is 0 Å². The topological polar surface area (TPSA) is 123 Å². The molecule has 3 N–H and O–H groups in total. The van der Waals surface area contributed by atoms with Gasteiger partial charge >= 0.3 is 5.97 Å². The van der Waals surface area contributed by atoms with Gasteiger partial charge in [0.05, 0.1) is 24.4 Å². The van der Waals surface area contributed by atoms with Gasteiger partial charge in [0.15, 0.2) is 0 Å². The molecule has 1 spiro atoms. The molecule has 5 aliphatic rings. The first-order valence-corrected chi connectivity index (χ1v) is 13.7. The number of fused-ring (bicyclic) bond motifs is 2. The van der Waals surface area contributed by atoms with Crippen LogP contribution in [0.3, 0.4) is 0 Å². The van der Waals surface area contributed by atoms with Gasteiger partial charge < -0.3 is 38.9 Å². The highest BCUT2D eigenvalue weighted by Gasteiger charge is 2.79. The summed E-state index contributed by atoms with van der Waals surface area (Å²) in [5, 5.41) is 22.4. The van der Waals surface area contributed by atoms with E-state index in [1.54, 1.807) is 32.4 Å². The number of esters is 1. The van der Waals surface area contributed by atoms with Crippen LogP contribution in [0, 0.1) is 29.6 Å². The lowest BCUT2D eigenvalue weighted by atomic mass is 9.55. The van der Waals surface area contributed by atoms with Gasteiger partial charge in [0.25, 0.3) is 0 Å². The van der Waals surface area contributed by atoms with Crippen LogP contribution >= 0.6 is 0 Å². The molecule has 14 atom stereocenters. The van der Waals surface area contributed by atoms with E-state index in [9.17, 15) is 15.0 Å². The Kier molecular flexibility index (Phi) is 6.31. The number of hydrogen-bond donors (Lipinski definition) is 3. The molecule has 0 unspecified atom stereocenters. The molecule has 208 valence electrons. The molecule has 0 aromatic carbocycles. The molecule has 2 aliphatic carbocycles. The van der Waals surface area contributed by atoms with Crippen LogP contribution in [0.5, 0.6) is 0 Å². The summed E-state index contributed by atoms with van der Waals surface area (Å²) in [6, 6.07) is 3.42. The summed E-state index contributed by atoms with van der Waals surface area (Å²) in [5.41, 5.74) is 0.487. The molecule has 2 saturated heterocycles. The van der Waals surface area contributed by atoms with E-state index in [4.69, 9.17) is 23.7 Å². The lowest BCUT2D eigenvalue weighted by Crippen LogP contribution is -2.60. The fourth-order valence-corrected chi connectivity index (χ4v) is 8.08. The molecule has 38 heavy (non-hydrogen) atoms. The van der Waals surface area contributed by atoms with Gasteiger partial charge in [0.2, 0.25) is 0 Å². The van der Waals surface area contributed by atoms with Gasteiger partial charge in [-0.3, -0.25) is 0 Å². The highest BCUT2D eigenvalue weighted by molar-refractivity contribution is 5.87. The molecule has 4 bridgehead atoms. The number of epoxide rings is 1. The number of aliphatic hydroxyl groups excluding tert-OH is 2. The van der Waals surface area contributed by atoms with Gasteiger partial charge in [-0.1, -0.05) is 26.5 Å². The van der Waals surface area contributed by atoms with Gasteiger partial charge in [-0.25, -0.2) is 4.79 Å². The Bertz CT molecular complexity index is 1120. The van der Waals surface area contributed by atoms with Crippen molar-refractivity contribution in [2.24, 2.45) is 29.6 Å². The fourth-order valence-electron chi connectivity index (χ4n) is 8.08. The summed E-state index contributed by atoms with van der Waals surface area (Å²) in [5.74, 6) is -0.999. The smallest absolute Gasteiger partial charge is 0.355 e. The number of carbonyl (C=O) groups excluding carboxylic acids is 1. The Morgan fingerprint density at radius 3 is 2.71 bits per heavy atom. The second-order valence-corrected chi connectivity index (χ2v) is 11.9. The van der Waals surface area contributed by atoms with Gasteiger partial charge in [0, 0.05) is 42.9 Å². The van der Waals surface area contributed by atoms with Crippen LogP contribution in [0.4, 0.5) is 0 Å². The first kappa shape index (κ1) is 26.1. The second-order valence-electron chi connectivity index (χ2n) is 11.9. The van der Waals surface area contributed by atoms with Gasteiger partial charge in [-0.2, -0.15) is 0 Å². The second kappa shape index (κ2) is 9.20. The third kappa shape index (κ3) is 3.66. The highest BCUT2D eigenvalue weighted by Crippen LogP contribution is 2.68. The van der Waals surface area contributed by atoms with E-state index in [-0.39, 0.29) is 41.8 Å². The number of aliphatic hydroxyl groups is 2. The highest BCUT2D eigenvalue weighted by atomic mass is 16.6. The predicted octanol–water partition coefficient (Wildman–Crippen LogP) is 2.60. The largest absolute Gasteiger partial charge is 0.489 e. The first-order valence-electron chi connectivity index (χ1n) is 13.7. The summed E-state index contributed by atoms with van der Waals surface area (Å²) in [6.45, 7) is 11.8. The van der Waals surface area contributed by atoms with Crippen molar-refractivity contribution >= 4 is 5.97 Å². The molecule has 9 heteroatoms. The Morgan fingerprint density at radius 1 is 1.29 bits per heavy atom. The van der Waals surface area contributed by atoms with E-state index in [1.165, 1.54) is 0 Å². The summed E-state index contributed by atoms with van der Waals surface area (Å²) in [7, 11) is 1.62. The molecule has 1 aromatic heterocycles. The van der Waals surface area contributed by atoms with Crippen molar-refractivity contribution in [1.82, 2.24) is 4.98 Å². The third-order valence-electron chi connectivity index (χ3n) is 9.84. The Labute approximate surface area is 223 Å². The first-order chi connectivity index (χ1) is 18.1. The van der Waals surface area contributed by atoms with Crippen LogP contribution in [0.25, 0.3) is 0 Å². The molecule has 1 aromatic rings. The Morgan fingerprint density at radius 2 is 2.05 bits per heavy atom. The Hall–Kier alpha value is -2.17. The van der Waals surface area contributed by atoms with Gasteiger partial charge in [-0.15, -0.1) is 0 Å². The van der Waals surface area contributed by atoms with E-state index in [0.29, 0.717) is 17.9 Å². The molecular weight excluding hydrogens is 490 g/mol. The number of hydrogen-bond acceptors (Lipinski definition) is 8. The molecule has 0 radical (unpaired) electrons. The summed E-state index contributed by atoms with van der Waals surface area (Å²) in [4.78, 5) is 15.9. The SMILES string of the molecule is C=C1O[C@H]([C@@H](C)O)[C@H](C)/C=C(\C)[C@@]23O[C@H]4[C@H](OC(=O)c5ccc[nH]5)[C@H](C)[C@@H](O)[C@@H]2[C@H]4[C@H]2O[C@H]2[C@@H]3C[C@@H]1OC. The zero-order valence-electron chi connectivity index (χ0n) is 22.6. The molecule has 4 heterocycles. The lowest BCUT2D eigenvalue weighted by molar-refractivity contribution is -0.121. The number of aromatic nitrogens is 1. The number of H-pyrrole nitrogens is 1. The van der Waals surface area contributed by atoms with E-state index in [2.05, 4.69) is 17.6 Å². The maximum absolute atomic E-state index is 13.0. The average molecular weight is 530 g/mol. The van der Waals surface area contributed by atoms with Crippen molar-refractivity contribution in [1.29, 1.82) is 0 Å². The number of carbonyl (C=O) groups is 1. The van der Waals surface area contributed by atoms with Crippen molar-refractivity contribution in [2.45, 2.75) is 88.5 Å². The third-order valence-corrected chi connectivity index (χ3v) is 9.84. The molecule has 6 rings (SSSR count). The van der Waals surface area contributed by atoms with E-state index in [1.807, 2.05) is 20.8 Å². The number of ether oxygens (including phenoxy) is 5. The van der Waals surface area contributed by atoms with Crippen LogP contribution in [0.15, 0.2) is 42.3 Å². The minimum atomic E-state index is -0.847. The average Bonchev–Trinajstić information content (AvgIpc) is 3.36. The van der Waals surface area contributed by atoms with Crippen molar-refractivity contribution in [3.8, 4) is 0 Å². The molecule has 2 saturated carbocycles. The van der Waals surface area contributed by atoms with E-state index >= 15 is 0 Å². The molecule has 3 aliphatic heterocycles. The number of rotatable bonds is 4. The molecule has 4 fully saturated rings. The quantitative estimate of drug-likeness (QED) is 0.309. The molecule has 0 amide bonds. The summed E-state index contributed by atoms with van der Waals surface area (Å²) >= 11 is 0. The minimum Gasteiger partial charge on any atom is -0.489 e. The van der Waals surface area contributed by atoms with Gasteiger partial charge in [-0.05, 0) is 38.0 Å². The van der Waals surface area contributed by atoms with E-state index < -0.39 is 48.2 Å². The fraction of sp³-hybridized carbons (Fsp3) is 0.690. The van der Waals surface area contributed by atoms with Crippen molar-refractivity contribution < 1.29 is 38.7 Å². The van der Waals surface area contributed by atoms with Crippen LogP contribution in [-0.2, 0) is 23.7 Å². The predicted molar refractivity (Wildman–Crippen MR) is 136 cm³/mol. The maximum atomic E-state index is 13.0. The zero-order chi connectivity index (χ0) is 27.1. The lowest BCUT2D eigenvalue weighted by Gasteiger charge is -2.49. The number of aromatic amines is 1. The van der Waals surface area contributed by atoms with E-state index in [0.717, 1.165) is 5.57 Å². The van der Waals surface area contributed by atoms with Crippen LogP contribution in [-0.4, -0.2) is 82.7 Å². The number of nitrogens with one attached hydrogen (secondary N) is 1. The monoisotopic (exact) mass is 529 g/mol. The van der Waals surface area contributed by atoms with Crippen molar-refractivity contribution in [3.05, 3.63) is 48.0 Å². The molecule has 9 nitrogen and oxygen atoms in total. The standard InChI is InChI=1S/C29H39NO8/c1-12-10-13(2)29-17(11-19(34-6)16(5)35-23(12)15(4)31)25-26(36-25)20-21(29)22(32)14(3)24(27(20)38-29)37-28(33)18-8-7-9-30-18/h7-10,12,14-15,17,19-27,30-32H,5,11H2,1-4,6H3/b13-10+/t12-,14-,15-,17+,19+,20+,21+,22-,23+,24-,25+,26-,27-,29+/m1/s1.